The Balaban J connectivity index is 1.63. The molecule has 1 amide bonds. The van der Waals surface area contributed by atoms with Crippen LogP contribution in [-0.2, 0) is 0 Å². The van der Waals surface area contributed by atoms with Crippen LogP contribution in [0.4, 0.5) is 10.1 Å². The minimum atomic E-state index is -0.601. The smallest absolute Gasteiger partial charge is 0.258 e. The fourth-order valence-electron chi connectivity index (χ4n) is 3.61. The zero-order valence-electron chi connectivity index (χ0n) is 17.4. The standard InChI is InChI=1S/C25H17FN4O2S/c1-32-22-12-20-17(11-21(22)30-25(31)16-9-5-6-10-19(16)26)23(28-14-27-20)18-13-29-33-24(18)15-7-3-2-4-8-15/h2-14H,1H3,(H,30,31). The lowest BCUT2D eigenvalue weighted by Crippen LogP contribution is -2.14. The highest BCUT2D eigenvalue weighted by Crippen LogP contribution is 2.39. The summed E-state index contributed by atoms with van der Waals surface area (Å²) in [5.41, 5.74) is 3.54. The molecular weight excluding hydrogens is 439 g/mol. The van der Waals surface area contributed by atoms with Gasteiger partial charge in [0, 0.05) is 17.0 Å². The average molecular weight is 457 g/mol. The predicted octanol–water partition coefficient (Wildman–Crippen LogP) is 5.82. The second-order valence-electron chi connectivity index (χ2n) is 7.16. The van der Waals surface area contributed by atoms with Gasteiger partial charge >= 0.3 is 0 Å². The van der Waals surface area contributed by atoms with Gasteiger partial charge in [0.15, 0.2) is 0 Å². The molecule has 0 saturated carbocycles. The Bertz CT molecular complexity index is 1470. The number of nitrogens with one attached hydrogen (secondary N) is 1. The van der Waals surface area contributed by atoms with E-state index in [1.54, 1.807) is 24.4 Å². The fourth-order valence-corrected chi connectivity index (χ4v) is 4.36. The third-order valence-electron chi connectivity index (χ3n) is 5.18. The first-order valence-corrected chi connectivity index (χ1v) is 10.8. The summed E-state index contributed by atoms with van der Waals surface area (Å²) >= 11 is 1.38. The van der Waals surface area contributed by atoms with Gasteiger partial charge in [-0.3, -0.25) is 4.79 Å². The molecule has 0 aliphatic rings. The van der Waals surface area contributed by atoms with E-state index in [0.29, 0.717) is 28.0 Å². The number of hydrogen-bond acceptors (Lipinski definition) is 6. The molecule has 1 N–H and O–H groups in total. The van der Waals surface area contributed by atoms with Gasteiger partial charge < -0.3 is 10.1 Å². The van der Waals surface area contributed by atoms with Crippen LogP contribution >= 0.6 is 11.5 Å². The lowest BCUT2D eigenvalue weighted by Gasteiger charge is -2.13. The van der Waals surface area contributed by atoms with E-state index >= 15 is 0 Å². The highest BCUT2D eigenvalue weighted by atomic mass is 32.1. The first kappa shape index (κ1) is 20.7. The van der Waals surface area contributed by atoms with Crippen LogP contribution in [0.15, 0.2) is 79.3 Å². The van der Waals surface area contributed by atoms with E-state index in [4.69, 9.17) is 4.74 Å². The topological polar surface area (TPSA) is 77.0 Å². The maximum atomic E-state index is 14.1. The molecule has 2 heterocycles. The molecule has 0 unspecified atom stereocenters. The number of amides is 1. The number of anilines is 1. The minimum absolute atomic E-state index is 0.0578. The Kier molecular flexibility index (Phi) is 5.50. The number of carbonyl (C=O) groups excluding carboxylic acids is 1. The third kappa shape index (κ3) is 3.92. The summed E-state index contributed by atoms with van der Waals surface area (Å²) < 4.78 is 24.0. The van der Waals surface area contributed by atoms with Crippen LogP contribution in [0.25, 0.3) is 32.6 Å². The minimum Gasteiger partial charge on any atom is -0.494 e. The Morgan fingerprint density at radius 1 is 1.03 bits per heavy atom. The van der Waals surface area contributed by atoms with Crippen LogP contribution in [-0.4, -0.2) is 27.4 Å². The molecule has 0 spiro atoms. The van der Waals surface area contributed by atoms with E-state index in [1.165, 1.54) is 43.2 Å². The summed E-state index contributed by atoms with van der Waals surface area (Å²) in [5.74, 6) is -0.773. The zero-order valence-corrected chi connectivity index (χ0v) is 18.3. The van der Waals surface area contributed by atoms with Gasteiger partial charge in [-0.25, -0.2) is 14.4 Å². The molecule has 162 valence electrons. The number of halogens is 1. The van der Waals surface area contributed by atoms with Gasteiger partial charge in [0.1, 0.15) is 17.9 Å². The van der Waals surface area contributed by atoms with E-state index in [9.17, 15) is 9.18 Å². The van der Waals surface area contributed by atoms with Crippen molar-refractivity contribution in [2.24, 2.45) is 0 Å². The molecule has 0 aliphatic heterocycles. The molecule has 0 radical (unpaired) electrons. The lowest BCUT2D eigenvalue weighted by molar-refractivity contribution is 0.102. The molecule has 5 aromatic rings. The number of hydrogen-bond donors (Lipinski definition) is 1. The summed E-state index contributed by atoms with van der Waals surface area (Å²) in [6, 6.07) is 19.2. The summed E-state index contributed by atoms with van der Waals surface area (Å²) in [6.45, 7) is 0. The fraction of sp³-hybridized carbons (Fsp3) is 0.0400. The van der Waals surface area contributed by atoms with Gasteiger partial charge in [-0.15, -0.1) is 0 Å². The number of fused-ring (bicyclic) bond motifs is 1. The zero-order chi connectivity index (χ0) is 22.8. The van der Waals surface area contributed by atoms with E-state index in [-0.39, 0.29) is 5.56 Å². The number of benzene rings is 3. The van der Waals surface area contributed by atoms with Crippen LogP contribution in [0, 0.1) is 5.82 Å². The molecule has 5 rings (SSSR count). The van der Waals surface area contributed by atoms with Crippen LogP contribution in [0.2, 0.25) is 0 Å². The molecule has 0 fully saturated rings. The second kappa shape index (κ2) is 8.76. The maximum Gasteiger partial charge on any atom is 0.258 e. The molecule has 0 atom stereocenters. The van der Waals surface area contributed by atoms with Crippen molar-refractivity contribution in [2.45, 2.75) is 0 Å². The van der Waals surface area contributed by atoms with Crippen molar-refractivity contribution >= 4 is 34.0 Å². The summed E-state index contributed by atoms with van der Waals surface area (Å²) in [7, 11) is 1.50. The van der Waals surface area contributed by atoms with Crippen LogP contribution < -0.4 is 10.1 Å². The Hall–Kier alpha value is -4.17. The maximum absolute atomic E-state index is 14.1. The number of aromatic nitrogens is 3. The number of rotatable bonds is 5. The molecule has 8 heteroatoms. The van der Waals surface area contributed by atoms with Crippen molar-refractivity contribution in [3.63, 3.8) is 0 Å². The van der Waals surface area contributed by atoms with Gasteiger partial charge in [-0.2, -0.15) is 4.37 Å². The van der Waals surface area contributed by atoms with Gasteiger partial charge in [0.25, 0.3) is 5.91 Å². The number of nitrogens with zero attached hydrogens (tertiary/aromatic N) is 3. The highest BCUT2D eigenvalue weighted by molar-refractivity contribution is 7.10. The molecule has 0 saturated heterocycles. The number of carbonyl (C=O) groups is 1. The molecule has 2 aromatic heterocycles. The van der Waals surface area contributed by atoms with Crippen molar-refractivity contribution in [2.75, 3.05) is 12.4 Å². The Morgan fingerprint density at radius 3 is 2.61 bits per heavy atom. The van der Waals surface area contributed by atoms with Gasteiger partial charge in [-0.05, 0) is 35.3 Å². The molecule has 0 bridgehead atoms. The van der Waals surface area contributed by atoms with Gasteiger partial charge in [-0.1, -0.05) is 42.5 Å². The summed E-state index contributed by atoms with van der Waals surface area (Å²) in [5, 5.41) is 3.46. The van der Waals surface area contributed by atoms with Crippen LogP contribution in [0.1, 0.15) is 10.4 Å². The van der Waals surface area contributed by atoms with E-state index in [2.05, 4.69) is 19.7 Å². The predicted molar refractivity (Wildman–Crippen MR) is 127 cm³/mol. The van der Waals surface area contributed by atoms with E-state index in [0.717, 1.165) is 16.0 Å². The molecule has 33 heavy (non-hydrogen) atoms. The Labute approximate surface area is 192 Å². The molecule has 3 aromatic carbocycles. The largest absolute Gasteiger partial charge is 0.494 e. The van der Waals surface area contributed by atoms with Gasteiger partial charge in [0.2, 0.25) is 0 Å². The van der Waals surface area contributed by atoms with Crippen molar-refractivity contribution in [1.82, 2.24) is 14.3 Å². The molecular formula is C25H17FN4O2S. The highest BCUT2D eigenvalue weighted by Gasteiger charge is 2.19. The number of methoxy groups -OCH3 is 1. The third-order valence-corrected chi connectivity index (χ3v) is 6.03. The van der Waals surface area contributed by atoms with Crippen molar-refractivity contribution in [3.8, 4) is 27.4 Å². The first-order chi connectivity index (χ1) is 16.2. The Morgan fingerprint density at radius 2 is 1.82 bits per heavy atom. The monoisotopic (exact) mass is 456 g/mol. The van der Waals surface area contributed by atoms with Crippen molar-refractivity contribution < 1.29 is 13.9 Å². The first-order valence-electron chi connectivity index (χ1n) is 10.0. The summed E-state index contributed by atoms with van der Waals surface area (Å²) in [4.78, 5) is 22.6. The van der Waals surface area contributed by atoms with Crippen molar-refractivity contribution in [1.29, 1.82) is 0 Å². The average Bonchev–Trinajstić information content (AvgIpc) is 3.34. The molecule has 0 aliphatic carbocycles. The van der Waals surface area contributed by atoms with Crippen LogP contribution in [0.3, 0.4) is 0 Å². The molecule has 6 nitrogen and oxygen atoms in total. The SMILES string of the molecule is COc1cc2ncnc(-c3cnsc3-c3ccccc3)c2cc1NC(=O)c1ccccc1F. The van der Waals surface area contributed by atoms with E-state index < -0.39 is 11.7 Å². The van der Waals surface area contributed by atoms with Gasteiger partial charge in [0.05, 0.1) is 40.6 Å². The summed E-state index contributed by atoms with van der Waals surface area (Å²) in [6.07, 6.45) is 3.26. The quantitative estimate of drug-likeness (QED) is 0.361. The second-order valence-corrected chi connectivity index (χ2v) is 7.96. The van der Waals surface area contributed by atoms with Crippen LogP contribution in [0.5, 0.6) is 5.75 Å². The normalized spacial score (nSPS) is 10.8. The number of ether oxygens (including phenoxy) is 1. The van der Waals surface area contributed by atoms with E-state index in [1.807, 2.05) is 30.3 Å². The van der Waals surface area contributed by atoms with Crippen molar-refractivity contribution in [3.05, 3.63) is 90.6 Å². The lowest BCUT2D eigenvalue weighted by atomic mass is 10.0.